The second-order valence-corrected chi connectivity index (χ2v) is 6.01. The molecule has 3 aliphatic rings. The fraction of sp³-hybridized carbons (Fsp3) is 0.500. The SMILES string of the molecule is CC12CC(NC(=S)N1C1CC1)c1ccccc1O2. The number of thiocarbonyl (C=S) groups is 1. The van der Waals surface area contributed by atoms with E-state index in [4.69, 9.17) is 17.0 Å². The van der Waals surface area contributed by atoms with Gasteiger partial charge in [-0.2, -0.15) is 0 Å². The Morgan fingerprint density at radius 3 is 2.94 bits per heavy atom. The summed E-state index contributed by atoms with van der Waals surface area (Å²) in [6.45, 7) is 2.17. The first-order chi connectivity index (χ1) is 8.67. The number of benzene rings is 1. The number of nitrogens with one attached hydrogen (secondary N) is 1. The van der Waals surface area contributed by atoms with Crippen LogP contribution in [-0.4, -0.2) is 21.8 Å². The minimum atomic E-state index is -0.275. The highest BCUT2D eigenvalue weighted by Gasteiger charge is 2.52. The Hall–Kier alpha value is -1.29. The summed E-state index contributed by atoms with van der Waals surface area (Å²) in [5, 5.41) is 4.33. The van der Waals surface area contributed by atoms with Crippen molar-refractivity contribution in [2.45, 2.75) is 44.0 Å². The van der Waals surface area contributed by atoms with Gasteiger partial charge in [0, 0.05) is 18.0 Å². The van der Waals surface area contributed by atoms with Gasteiger partial charge in [0.25, 0.3) is 0 Å². The average Bonchev–Trinajstić information content (AvgIpc) is 3.12. The number of fused-ring (bicyclic) bond motifs is 4. The van der Waals surface area contributed by atoms with Crippen LogP contribution in [0.25, 0.3) is 0 Å². The van der Waals surface area contributed by atoms with Crippen molar-refractivity contribution in [3.8, 4) is 5.75 Å². The second-order valence-electron chi connectivity index (χ2n) is 5.62. The third-order valence-electron chi connectivity index (χ3n) is 4.15. The molecule has 2 bridgehead atoms. The minimum absolute atomic E-state index is 0.275. The molecule has 2 fully saturated rings. The van der Waals surface area contributed by atoms with Crippen LogP contribution in [0, 0.1) is 0 Å². The van der Waals surface area contributed by atoms with Gasteiger partial charge < -0.3 is 15.0 Å². The van der Waals surface area contributed by atoms with Crippen LogP contribution in [0.3, 0.4) is 0 Å². The zero-order valence-corrected chi connectivity index (χ0v) is 11.2. The lowest BCUT2D eigenvalue weighted by molar-refractivity contribution is -0.0721. The van der Waals surface area contributed by atoms with E-state index in [1.165, 1.54) is 18.4 Å². The molecule has 3 nitrogen and oxygen atoms in total. The van der Waals surface area contributed by atoms with Crippen LogP contribution in [0.5, 0.6) is 5.75 Å². The maximum Gasteiger partial charge on any atom is 0.184 e. The van der Waals surface area contributed by atoms with Crippen LogP contribution in [0.4, 0.5) is 0 Å². The highest BCUT2D eigenvalue weighted by molar-refractivity contribution is 7.80. The monoisotopic (exact) mass is 260 g/mol. The zero-order chi connectivity index (χ0) is 12.3. The van der Waals surface area contributed by atoms with E-state index >= 15 is 0 Å². The molecule has 4 rings (SSSR count). The Kier molecular flexibility index (Phi) is 1.99. The smallest absolute Gasteiger partial charge is 0.184 e. The molecule has 1 saturated carbocycles. The van der Waals surface area contributed by atoms with Gasteiger partial charge in [0.05, 0.1) is 6.04 Å². The molecule has 18 heavy (non-hydrogen) atoms. The van der Waals surface area contributed by atoms with Crippen LogP contribution in [0.1, 0.15) is 37.8 Å². The molecular formula is C14H16N2OS. The van der Waals surface area contributed by atoms with Crippen molar-refractivity contribution in [2.24, 2.45) is 0 Å². The summed E-state index contributed by atoms with van der Waals surface area (Å²) < 4.78 is 6.27. The molecule has 1 aliphatic carbocycles. The molecule has 0 radical (unpaired) electrons. The zero-order valence-electron chi connectivity index (χ0n) is 10.3. The summed E-state index contributed by atoms with van der Waals surface area (Å²) in [6.07, 6.45) is 3.42. The lowest BCUT2D eigenvalue weighted by Crippen LogP contribution is -2.65. The molecule has 1 aromatic rings. The Morgan fingerprint density at radius 1 is 1.39 bits per heavy atom. The largest absolute Gasteiger partial charge is 0.468 e. The summed E-state index contributed by atoms with van der Waals surface area (Å²) in [6, 6.07) is 9.14. The van der Waals surface area contributed by atoms with E-state index in [2.05, 4.69) is 35.3 Å². The molecule has 2 unspecified atom stereocenters. The molecule has 2 heterocycles. The fourth-order valence-electron chi connectivity index (χ4n) is 3.22. The van der Waals surface area contributed by atoms with Crippen molar-refractivity contribution in [3.63, 3.8) is 0 Å². The van der Waals surface area contributed by atoms with Gasteiger partial charge in [-0.15, -0.1) is 0 Å². The first kappa shape index (κ1) is 10.6. The summed E-state index contributed by atoms with van der Waals surface area (Å²) >= 11 is 5.53. The number of ether oxygens (including phenoxy) is 1. The van der Waals surface area contributed by atoms with Crippen LogP contribution in [0.2, 0.25) is 0 Å². The van der Waals surface area contributed by atoms with Gasteiger partial charge in [0.2, 0.25) is 0 Å². The molecule has 0 aromatic heterocycles. The summed E-state index contributed by atoms with van der Waals surface area (Å²) in [5.74, 6) is 0.997. The van der Waals surface area contributed by atoms with Crippen molar-refractivity contribution in [1.29, 1.82) is 0 Å². The predicted molar refractivity (Wildman–Crippen MR) is 73.4 cm³/mol. The van der Waals surface area contributed by atoms with Crippen molar-refractivity contribution in [2.75, 3.05) is 0 Å². The normalized spacial score (nSPS) is 33.5. The van der Waals surface area contributed by atoms with Crippen molar-refractivity contribution in [1.82, 2.24) is 10.2 Å². The van der Waals surface area contributed by atoms with Crippen LogP contribution >= 0.6 is 12.2 Å². The Bertz CT molecular complexity index is 528. The molecule has 1 N–H and O–H groups in total. The number of nitrogens with zero attached hydrogens (tertiary/aromatic N) is 1. The molecule has 0 spiro atoms. The lowest BCUT2D eigenvalue weighted by atomic mass is 9.90. The lowest BCUT2D eigenvalue weighted by Gasteiger charge is -2.52. The van der Waals surface area contributed by atoms with E-state index in [9.17, 15) is 0 Å². The highest BCUT2D eigenvalue weighted by atomic mass is 32.1. The molecule has 4 heteroatoms. The highest BCUT2D eigenvalue weighted by Crippen LogP contribution is 2.47. The van der Waals surface area contributed by atoms with Crippen LogP contribution in [0.15, 0.2) is 24.3 Å². The topological polar surface area (TPSA) is 24.5 Å². The summed E-state index contributed by atoms with van der Waals surface area (Å²) in [5.41, 5.74) is 0.954. The molecule has 2 aliphatic heterocycles. The minimum Gasteiger partial charge on any atom is -0.468 e. The quantitative estimate of drug-likeness (QED) is 0.784. The molecule has 2 atom stereocenters. The summed E-state index contributed by atoms with van der Waals surface area (Å²) in [4.78, 5) is 2.27. The van der Waals surface area contributed by atoms with Crippen molar-refractivity contribution in [3.05, 3.63) is 29.8 Å². The Balaban J connectivity index is 1.80. The van der Waals surface area contributed by atoms with E-state index in [1.807, 2.05) is 6.07 Å². The molecular weight excluding hydrogens is 244 g/mol. The van der Waals surface area contributed by atoms with Crippen molar-refractivity contribution >= 4 is 17.3 Å². The average molecular weight is 260 g/mol. The van der Waals surface area contributed by atoms with Gasteiger partial charge in [-0.25, -0.2) is 0 Å². The van der Waals surface area contributed by atoms with E-state index in [-0.39, 0.29) is 5.72 Å². The van der Waals surface area contributed by atoms with E-state index in [1.54, 1.807) is 0 Å². The maximum atomic E-state index is 6.27. The maximum absolute atomic E-state index is 6.27. The fourth-order valence-corrected chi connectivity index (χ4v) is 3.71. The van der Waals surface area contributed by atoms with Crippen LogP contribution < -0.4 is 10.1 Å². The first-order valence-corrected chi connectivity index (χ1v) is 6.96. The van der Waals surface area contributed by atoms with E-state index < -0.39 is 0 Å². The van der Waals surface area contributed by atoms with Gasteiger partial charge >= 0.3 is 0 Å². The molecule has 1 saturated heterocycles. The van der Waals surface area contributed by atoms with Gasteiger partial charge in [-0.1, -0.05) is 18.2 Å². The molecule has 94 valence electrons. The first-order valence-electron chi connectivity index (χ1n) is 6.55. The number of rotatable bonds is 1. The number of hydrogen-bond donors (Lipinski definition) is 1. The Labute approximate surface area is 112 Å². The second kappa shape index (κ2) is 3.38. The van der Waals surface area contributed by atoms with E-state index in [0.717, 1.165) is 17.3 Å². The number of hydrogen-bond acceptors (Lipinski definition) is 2. The predicted octanol–water partition coefficient (Wildman–Crippen LogP) is 2.58. The van der Waals surface area contributed by atoms with E-state index in [0.29, 0.717) is 12.1 Å². The van der Waals surface area contributed by atoms with Gasteiger partial charge in [0.15, 0.2) is 10.8 Å². The van der Waals surface area contributed by atoms with Gasteiger partial charge in [-0.3, -0.25) is 0 Å². The molecule has 0 amide bonds. The van der Waals surface area contributed by atoms with Crippen LogP contribution in [-0.2, 0) is 0 Å². The van der Waals surface area contributed by atoms with Gasteiger partial charge in [-0.05, 0) is 38.0 Å². The van der Waals surface area contributed by atoms with Gasteiger partial charge in [0.1, 0.15) is 5.75 Å². The standard InChI is InChI=1S/C14H16N2OS/c1-14-8-11(10-4-2-3-5-12(10)17-14)15-13(18)16(14)9-6-7-9/h2-5,9,11H,6-8H2,1H3,(H,15,18). The third-order valence-corrected chi connectivity index (χ3v) is 4.46. The third kappa shape index (κ3) is 1.38. The number of para-hydroxylation sites is 1. The molecule has 1 aromatic carbocycles. The summed E-state index contributed by atoms with van der Waals surface area (Å²) in [7, 11) is 0. The Morgan fingerprint density at radius 2 is 2.17 bits per heavy atom. The van der Waals surface area contributed by atoms with Crippen molar-refractivity contribution < 1.29 is 4.74 Å².